The predicted octanol–water partition coefficient (Wildman–Crippen LogP) is -0.00890. The molecule has 0 aromatic heterocycles. The molecule has 13 heavy (non-hydrogen) atoms. The van der Waals surface area contributed by atoms with Crippen molar-refractivity contribution >= 4 is 21.8 Å². The fourth-order valence-corrected chi connectivity index (χ4v) is 1.63. The van der Waals surface area contributed by atoms with Crippen molar-refractivity contribution in [1.82, 2.24) is 4.90 Å². The van der Waals surface area contributed by atoms with Gasteiger partial charge in [-0.2, -0.15) is 0 Å². The Morgan fingerprint density at radius 1 is 1.69 bits per heavy atom. The van der Waals surface area contributed by atoms with Crippen molar-refractivity contribution in [3.8, 4) is 0 Å². The number of carbonyl (C=O) groups is 1. The van der Waals surface area contributed by atoms with Crippen LogP contribution in [0.4, 0.5) is 0 Å². The van der Waals surface area contributed by atoms with Crippen molar-refractivity contribution in [3.63, 3.8) is 0 Å². The molecule has 1 heterocycles. The number of morpholine rings is 1. The first kappa shape index (κ1) is 10.9. The molecule has 0 spiro atoms. The van der Waals surface area contributed by atoms with E-state index in [2.05, 4.69) is 15.9 Å². The molecule has 0 saturated carbocycles. The molecule has 1 aliphatic heterocycles. The normalized spacial score (nSPS) is 23.2. The molecule has 76 valence electrons. The average molecular weight is 252 g/mol. The molecule has 1 aliphatic rings. The maximum absolute atomic E-state index is 11.4. The predicted molar refractivity (Wildman–Crippen MR) is 51.8 cm³/mol. The van der Waals surface area contributed by atoms with Crippen LogP contribution in [0, 0.1) is 0 Å². The number of aliphatic hydroxyl groups is 1. The summed E-state index contributed by atoms with van der Waals surface area (Å²) in [5, 5.41) is 9.54. The van der Waals surface area contributed by atoms with Crippen LogP contribution in [0.15, 0.2) is 0 Å². The number of halogens is 1. The summed E-state index contributed by atoms with van der Waals surface area (Å²) >= 11 is 3.22. The monoisotopic (exact) mass is 251 g/mol. The first-order valence-electron chi connectivity index (χ1n) is 4.34. The van der Waals surface area contributed by atoms with E-state index < -0.39 is 0 Å². The standard InChI is InChI=1S/C8H14BrNO3/c9-2-1-8(12)10-3-4-13-7(5-10)6-11/h7,11H,1-6H2. The van der Waals surface area contributed by atoms with Crippen molar-refractivity contribution in [2.45, 2.75) is 12.5 Å². The van der Waals surface area contributed by atoms with Crippen LogP contribution in [0.25, 0.3) is 0 Å². The van der Waals surface area contributed by atoms with Gasteiger partial charge in [0.25, 0.3) is 0 Å². The lowest BCUT2D eigenvalue weighted by Crippen LogP contribution is -2.46. The Morgan fingerprint density at radius 3 is 3.08 bits per heavy atom. The molecule has 0 aromatic rings. The van der Waals surface area contributed by atoms with Gasteiger partial charge in [0, 0.05) is 24.8 Å². The first-order chi connectivity index (χ1) is 6.27. The summed E-state index contributed by atoms with van der Waals surface area (Å²) in [5.41, 5.74) is 0. The Balaban J connectivity index is 2.37. The summed E-state index contributed by atoms with van der Waals surface area (Å²) in [5.74, 6) is 0.124. The van der Waals surface area contributed by atoms with E-state index in [0.29, 0.717) is 31.4 Å². The van der Waals surface area contributed by atoms with Crippen LogP contribution in [0.3, 0.4) is 0 Å². The summed E-state index contributed by atoms with van der Waals surface area (Å²) in [7, 11) is 0. The zero-order chi connectivity index (χ0) is 9.68. The molecule has 1 fully saturated rings. The number of aliphatic hydroxyl groups excluding tert-OH is 1. The minimum Gasteiger partial charge on any atom is -0.394 e. The van der Waals surface area contributed by atoms with Gasteiger partial charge in [-0.3, -0.25) is 4.79 Å². The van der Waals surface area contributed by atoms with Crippen molar-refractivity contribution in [2.75, 3.05) is 31.6 Å². The molecule has 1 amide bonds. The topological polar surface area (TPSA) is 49.8 Å². The summed E-state index contributed by atoms with van der Waals surface area (Å²) in [6, 6.07) is 0. The largest absolute Gasteiger partial charge is 0.394 e. The van der Waals surface area contributed by atoms with E-state index in [1.165, 1.54) is 0 Å². The minimum atomic E-state index is -0.201. The van der Waals surface area contributed by atoms with Crippen molar-refractivity contribution < 1.29 is 14.6 Å². The number of amides is 1. The number of carbonyl (C=O) groups excluding carboxylic acids is 1. The van der Waals surface area contributed by atoms with Crippen LogP contribution in [-0.4, -0.2) is 53.7 Å². The van der Waals surface area contributed by atoms with Crippen molar-refractivity contribution in [3.05, 3.63) is 0 Å². The maximum Gasteiger partial charge on any atom is 0.223 e. The SMILES string of the molecule is O=C(CCBr)N1CCOC(CO)C1. The molecule has 1 saturated heterocycles. The van der Waals surface area contributed by atoms with Gasteiger partial charge in [-0.15, -0.1) is 0 Å². The van der Waals surface area contributed by atoms with Crippen molar-refractivity contribution in [1.29, 1.82) is 0 Å². The third kappa shape index (κ3) is 3.25. The van der Waals surface area contributed by atoms with Gasteiger partial charge >= 0.3 is 0 Å². The van der Waals surface area contributed by atoms with Gasteiger partial charge in [-0.05, 0) is 0 Å². The second-order valence-electron chi connectivity index (χ2n) is 2.95. The minimum absolute atomic E-state index is 0.0158. The molecule has 4 nitrogen and oxygen atoms in total. The quantitative estimate of drug-likeness (QED) is 0.719. The van der Waals surface area contributed by atoms with Gasteiger partial charge in [0.2, 0.25) is 5.91 Å². The Labute approximate surface area is 86.0 Å². The van der Waals surface area contributed by atoms with E-state index in [1.54, 1.807) is 4.90 Å². The highest BCUT2D eigenvalue weighted by atomic mass is 79.9. The number of ether oxygens (including phenoxy) is 1. The van der Waals surface area contributed by atoms with Crippen LogP contribution in [0.5, 0.6) is 0 Å². The van der Waals surface area contributed by atoms with Gasteiger partial charge in [0.05, 0.1) is 19.3 Å². The van der Waals surface area contributed by atoms with Gasteiger partial charge in [0.15, 0.2) is 0 Å². The van der Waals surface area contributed by atoms with E-state index in [1.807, 2.05) is 0 Å². The maximum atomic E-state index is 11.4. The molecule has 1 atom stereocenters. The van der Waals surface area contributed by atoms with Crippen molar-refractivity contribution in [2.24, 2.45) is 0 Å². The highest BCUT2D eigenvalue weighted by Crippen LogP contribution is 2.06. The molecule has 0 aliphatic carbocycles. The number of hydrogen-bond acceptors (Lipinski definition) is 3. The van der Waals surface area contributed by atoms with Crippen LogP contribution >= 0.6 is 15.9 Å². The second-order valence-corrected chi connectivity index (χ2v) is 3.75. The lowest BCUT2D eigenvalue weighted by Gasteiger charge is -2.31. The third-order valence-corrected chi connectivity index (χ3v) is 2.40. The lowest BCUT2D eigenvalue weighted by atomic mass is 10.2. The van der Waals surface area contributed by atoms with E-state index in [9.17, 15) is 4.79 Å². The van der Waals surface area contributed by atoms with Gasteiger partial charge in [0.1, 0.15) is 0 Å². The number of hydrogen-bond donors (Lipinski definition) is 1. The Bertz CT molecular complexity index is 177. The Hall–Kier alpha value is -0.130. The highest BCUT2D eigenvalue weighted by Gasteiger charge is 2.22. The molecule has 1 N–H and O–H groups in total. The lowest BCUT2D eigenvalue weighted by molar-refractivity contribution is -0.139. The summed E-state index contributed by atoms with van der Waals surface area (Å²) in [4.78, 5) is 13.2. The smallest absolute Gasteiger partial charge is 0.223 e. The van der Waals surface area contributed by atoms with E-state index in [-0.39, 0.29) is 18.6 Å². The molecular weight excluding hydrogens is 238 g/mol. The summed E-state index contributed by atoms with van der Waals surface area (Å²) in [6.45, 7) is 1.67. The molecule has 1 rings (SSSR count). The summed E-state index contributed by atoms with van der Waals surface area (Å²) in [6.07, 6.45) is 0.311. The van der Waals surface area contributed by atoms with E-state index in [0.717, 1.165) is 0 Å². The molecule has 5 heteroatoms. The molecular formula is C8H14BrNO3. The molecule has 0 bridgehead atoms. The Morgan fingerprint density at radius 2 is 2.46 bits per heavy atom. The second kappa shape index (κ2) is 5.57. The molecule has 0 aromatic carbocycles. The number of alkyl halides is 1. The van der Waals surface area contributed by atoms with E-state index >= 15 is 0 Å². The van der Waals surface area contributed by atoms with Crippen LogP contribution in [0.1, 0.15) is 6.42 Å². The first-order valence-corrected chi connectivity index (χ1v) is 5.46. The highest BCUT2D eigenvalue weighted by molar-refractivity contribution is 9.09. The zero-order valence-corrected chi connectivity index (χ0v) is 8.99. The Kier molecular flexibility index (Phi) is 4.69. The number of rotatable bonds is 3. The fraction of sp³-hybridized carbons (Fsp3) is 0.875. The van der Waals surface area contributed by atoms with Crippen LogP contribution < -0.4 is 0 Å². The van der Waals surface area contributed by atoms with Crippen LogP contribution in [-0.2, 0) is 9.53 Å². The molecule has 1 unspecified atom stereocenters. The summed E-state index contributed by atoms with van der Waals surface area (Å²) < 4.78 is 5.23. The average Bonchev–Trinajstić information content (AvgIpc) is 2.18. The molecule has 0 radical (unpaired) electrons. The van der Waals surface area contributed by atoms with Gasteiger partial charge in [-0.1, -0.05) is 15.9 Å². The number of nitrogens with zero attached hydrogens (tertiary/aromatic N) is 1. The third-order valence-electron chi connectivity index (χ3n) is 2.00. The van der Waals surface area contributed by atoms with Gasteiger partial charge < -0.3 is 14.7 Å². The van der Waals surface area contributed by atoms with E-state index in [4.69, 9.17) is 9.84 Å². The fourth-order valence-electron chi connectivity index (χ4n) is 1.30. The zero-order valence-electron chi connectivity index (χ0n) is 7.41. The van der Waals surface area contributed by atoms with Crippen LogP contribution in [0.2, 0.25) is 0 Å². The van der Waals surface area contributed by atoms with Gasteiger partial charge in [-0.25, -0.2) is 0 Å².